The average Bonchev–Trinajstić information content (AvgIpc) is 3.12. The van der Waals surface area contributed by atoms with Crippen LogP contribution in [0.25, 0.3) is 5.82 Å². The molecule has 0 unspecified atom stereocenters. The van der Waals surface area contributed by atoms with Crippen LogP contribution in [0.15, 0.2) is 41.8 Å². The van der Waals surface area contributed by atoms with E-state index in [1.807, 2.05) is 37.6 Å². The summed E-state index contributed by atoms with van der Waals surface area (Å²) in [5.41, 5.74) is 1.16. The van der Waals surface area contributed by atoms with Crippen molar-refractivity contribution in [1.29, 1.82) is 0 Å². The summed E-state index contributed by atoms with van der Waals surface area (Å²) >= 11 is 0. The lowest BCUT2D eigenvalue weighted by atomic mass is 10.00. The predicted octanol–water partition coefficient (Wildman–Crippen LogP) is 2.07. The number of aromatic nitrogens is 3. The molecule has 0 radical (unpaired) electrons. The molecule has 0 aliphatic carbocycles. The molecule has 122 valence electrons. The van der Waals surface area contributed by atoms with Crippen LogP contribution in [0, 0.1) is 5.92 Å². The van der Waals surface area contributed by atoms with Crippen molar-refractivity contribution in [3.63, 3.8) is 0 Å². The van der Waals surface area contributed by atoms with Gasteiger partial charge in [0.25, 0.3) is 0 Å². The largest absolute Gasteiger partial charge is 0.352 e. The molecular weight excluding hydrogens is 288 g/mol. The predicted molar refractivity (Wildman–Crippen MR) is 91.5 cm³/mol. The average molecular weight is 312 g/mol. The lowest BCUT2D eigenvalue weighted by molar-refractivity contribution is 0.273. The first-order valence-electron chi connectivity index (χ1n) is 8.17. The standard InChI is InChI=1S/C17H24N6/c1-14-5-10-22(11-6-14)17(18-2)20-13-15-4-8-19-16(12-15)23-9-3-7-21-23/h3-4,7-9,12,14H,5-6,10-11,13H2,1-2H3,(H,18,20). The van der Waals surface area contributed by atoms with Crippen LogP contribution in [0.4, 0.5) is 0 Å². The Labute approximate surface area is 137 Å². The van der Waals surface area contributed by atoms with Gasteiger partial charge < -0.3 is 10.2 Å². The number of hydrogen-bond donors (Lipinski definition) is 1. The molecule has 1 saturated heterocycles. The molecule has 3 heterocycles. The van der Waals surface area contributed by atoms with Gasteiger partial charge in [-0.1, -0.05) is 6.92 Å². The van der Waals surface area contributed by atoms with E-state index in [-0.39, 0.29) is 0 Å². The third-order valence-corrected chi connectivity index (χ3v) is 4.29. The number of aliphatic imine (C=N–C) groups is 1. The summed E-state index contributed by atoms with van der Waals surface area (Å²) < 4.78 is 1.77. The summed E-state index contributed by atoms with van der Waals surface area (Å²) in [7, 11) is 1.85. The fourth-order valence-corrected chi connectivity index (χ4v) is 2.83. The van der Waals surface area contributed by atoms with Crippen molar-refractivity contribution >= 4 is 5.96 Å². The molecule has 1 aliphatic rings. The Kier molecular flexibility index (Phi) is 4.90. The second kappa shape index (κ2) is 7.26. The number of nitrogens with zero attached hydrogens (tertiary/aromatic N) is 5. The van der Waals surface area contributed by atoms with E-state index >= 15 is 0 Å². The zero-order valence-corrected chi connectivity index (χ0v) is 13.8. The van der Waals surface area contributed by atoms with Gasteiger partial charge in [0.2, 0.25) is 0 Å². The van der Waals surface area contributed by atoms with Gasteiger partial charge in [-0.25, -0.2) is 9.67 Å². The van der Waals surface area contributed by atoms with Crippen molar-refractivity contribution in [2.24, 2.45) is 10.9 Å². The van der Waals surface area contributed by atoms with Crippen molar-refractivity contribution < 1.29 is 0 Å². The van der Waals surface area contributed by atoms with E-state index < -0.39 is 0 Å². The Morgan fingerprint density at radius 2 is 2.17 bits per heavy atom. The molecule has 0 saturated carbocycles. The number of nitrogens with one attached hydrogen (secondary N) is 1. The first kappa shape index (κ1) is 15.5. The Morgan fingerprint density at radius 3 is 2.87 bits per heavy atom. The molecule has 23 heavy (non-hydrogen) atoms. The quantitative estimate of drug-likeness (QED) is 0.696. The monoisotopic (exact) mass is 312 g/mol. The fraction of sp³-hybridized carbons (Fsp3) is 0.471. The summed E-state index contributed by atoms with van der Waals surface area (Å²) in [5.74, 6) is 2.63. The van der Waals surface area contributed by atoms with Crippen LogP contribution in [-0.4, -0.2) is 45.8 Å². The van der Waals surface area contributed by atoms with Gasteiger partial charge in [-0.15, -0.1) is 0 Å². The first-order valence-corrected chi connectivity index (χ1v) is 8.17. The molecule has 1 N–H and O–H groups in total. The molecule has 1 aliphatic heterocycles. The van der Waals surface area contributed by atoms with Gasteiger partial charge in [0, 0.05) is 45.3 Å². The minimum Gasteiger partial charge on any atom is -0.352 e. The number of guanidine groups is 1. The van der Waals surface area contributed by atoms with Gasteiger partial charge in [-0.2, -0.15) is 5.10 Å². The van der Waals surface area contributed by atoms with Crippen molar-refractivity contribution in [2.75, 3.05) is 20.1 Å². The zero-order valence-electron chi connectivity index (χ0n) is 13.8. The van der Waals surface area contributed by atoms with Gasteiger partial charge in [0.05, 0.1) is 0 Å². The van der Waals surface area contributed by atoms with Gasteiger partial charge in [0.1, 0.15) is 0 Å². The number of hydrogen-bond acceptors (Lipinski definition) is 3. The van der Waals surface area contributed by atoms with E-state index in [1.165, 1.54) is 12.8 Å². The van der Waals surface area contributed by atoms with Crippen molar-refractivity contribution in [3.8, 4) is 5.82 Å². The van der Waals surface area contributed by atoms with Crippen LogP contribution in [0.3, 0.4) is 0 Å². The minimum atomic E-state index is 0.732. The molecule has 0 bridgehead atoms. The van der Waals surface area contributed by atoms with Gasteiger partial charge in [-0.3, -0.25) is 4.99 Å². The highest BCUT2D eigenvalue weighted by Gasteiger charge is 2.18. The molecule has 2 aromatic heterocycles. The third-order valence-electron chi connectivity index (χ3n) is 4.29. The van der Waals surface area contributed by atoms with Crippen molar-refractivity contribution in [3.05, 3.63) is 42.4 Å². The second-order valence-electron chi connectivity index (χ2n) is 6.04. The molecule has 6 nitrogen and oxygen atoms in total. The minimum absolute atomic E-state index is 0.732. The van der Waals surface area contributed by atoms with Crippen LogP contribution in [0.1, 0.15) is 25.3 Å². The zero-order chi connectivity index (χ0) is 16.1. The third kappa shape index (κ3) is 3.88. The van der Waals surface area contributed by atoms with Crippen LogP contribution >= 0.6 is 0 Å². The molecule has 3 rings (SSSR count). The summed E-state index contributed by atoms with van der Waals surface area (Å²) in [6, 6.07) is 5.96. The smallest absolute Gasteiger partial charge is 0.193 e. The molecule has 2 aromatic rings. The second-order valence-corrected chi connectivity index (χ2v) is 6.04. The molecular formula is C17H24N6. The highest BCUT2D eigenvalue weighted by atomic mass is 15.3. The lowest BCUT2D eigenvalue weighted by Gasteiger charge is -2.32. The summed E-state index contributed by atoms with van der Waals surface area (Å²) in [6.45, 7) is 5.21. The van der Waals surface area contributed by atoms with E-state index in [9.17, 15) is 0 Å². The van der Waals surface area contributed by atoms with Crippen LogP contribution in [0.5, 0.6) is 0 Å². The Morgan fingerprint density at radius 1 is 1.35 bits per heavy atom. The number of pyridine rings is 1. The Balaban J connectivity index is 1.62. The van der Waals surface area contributed by atoms with Crippen molar-refractivity contribution in [1.82, 2.24) is 25.0 Å². The maximum atomic E-state index is 4.42. The van der Waals surface area contributed by atoms with E-state index in [1.54, 1.807) is 10.9 Å². The normalized spacial score (nSPS) is 16.6. The van der Waals surface area contributed by atoms with Crippen LogP contribution in [-0.2, 0) is 6.54 Å². The maximum absolute atomic E-state index is 4.42. The molecule has 0 atom stereocenters. The van der Waals surface area contributed by atoms with Crippen molar-refractivity contribution in [2.45, 2.75) is 26.3 Å². The lowest BCUT2D eigenvalue weighted by Crippen LogP contribution is -2.45. The number of piperidine rings is 1. The van der Waals surface area contributed by atoms with Gasteiger partial charge in [-0.05, 0) is 42.5 Å². The van der Waals surface area contributed by atoms with Crippen LogP contribution in [0.2, 0.25) is 0 Å². The van der Waals surface area contributed by atoms with E-state index in [0.29, 0.717) is 0 Å². The molecule has 6 heteroatoms. The Bertz CT molecular complexity index is 641. The highest BCUT2D eigenvalue weighted by Crippen LogP contribution is 2.16. The SMILES string of the molecule is CN=C(NCc1ccnc(-n2cccn2)c1)N1CCC(C)CC1. The Hall–Kier alpha value is -2.37. The fourth-order valence-electron chi connectivity index (χ4n) is 2.83. The van der Waals surface area contributed by atoms with Gasteiger partial charge in [0.15, 0.2) is 11.8 Å². The molecule has 0 amide bonds. The summed E-state index contributed by atoms with van der Waals surface area (Å²) in [4.78, 5) is 11.1. The van der Waals surface area contributed by atoms with E-state index in [2.05, 4.69) is 32.2 Å². The number of likely N-dealkylation sites (tertiary alicyclic amines) is 1. The molecule has 0 spiro atoms. The maximum Gasteiger partial charge on any atom is 0.193 e. The van der Waals surface area contributed by atoms with Gasteiger partial charge >= 0.3 is 0 Å². The highest BCUT2D eigenvalue weighted by molar-refractivity contribution is 5.79. The number of rotatable bonds is 3. The molecule has 1 fully saturated rings. The van der Waals surface area contributed by atoms with E-state index in [0.717, 1.165) is 42.9 Å². The van der Waals surface area contributed by atoms with E-state index in [4.69, 9.17) is 0 Å². The summed E-state index contributed by atoms with van der Waals surface area (Å²) in [6.07, 6.45) is 7.94. The topological polar surface area (TPSA) is 58.3 Å². The first-order chi connectivity index (χ1) is 11.3. The summed E-state index contributed by atoms with van der Waals surface area (Å²) in [5, 5.41) is 7.68. The van der Waals surface area contributed by atoms with Crippen LogP contribution < -0.4 is 5.32 Å². The molecule has 0 aromatic carbocycles.